The molecule has 0 bridgehead atoms. The van der Waals surface area contributed by atoms with Gasteiger partial charge in [0.05, 0.1) is 5.52 Å². The van der Waals surface area contributed by atoms with Gasteiger partial charge in [0.25, 0.3) is 0 Å². The molecule has 0 fully saturated rings. The van der Waals surface area contributed by atoms with Gasteiger partial charge in [-0.05, 0) is 48.0 Å². The number of anilines is 2. The molecule has 0 radical (unpaired) electrons. The predicted octanol–water partition coefficient (Wildman–Crippen LogP) is 6.34. The summed E-state index contributed by atoms with van der Waals surface area (Å²) < 4.78 is 46.7. The average molecular weight is 477 g/mol. The molecule has 33 heavy (non-hydrogen) atoms. The quantitative estimate of drug-likeness (QED) is 0.303. The first-order chi connectivity index (χ1) is 15.7. The summed E-state index contributed by atoms with van der Waals surface area (Å²) in [6.45, 7) is 0.0296. The number of alkyl halides is 3. The minimum absolute atomic E-state index is 0.0296. The standard InChI is InChI=1S/C22H16ClF3N4O3/c23-14-4-2-5-15(10-14)27-21(31)28-20-18-8-7-16(11-19(18)29-30-20)32-12-13-3-1-6-17(9-13)33-22(24,25)26/h1-11H,12H2,(H3,27,28,29,30,31). The first-order valence-corrected chi connectivity index (χ1v) is 9.92. The number of aromatic amines is 1. The van der Waals surface area contributed by atoms with Gasteiger partial charge in [0.2, 0.25) is 0 Å². The van der Waals surface area contributed by atoms with E-state index in [4.69, 9.17) is 16.3 Å². The van der Waals surface area contributed by atoms with Crippen LogP contribution in [0.15, 0.2) is 66.7 Å². The summed E-state index contributed by atoms with van der Waals surface area (Å²) >= 11 is 5.91. The Balaban J connectivity index is 1.39. The van der Waals surface area contributed by atoms with Crippen molar-refractivity contribution in [3.63, 3.8) is 0 Å². The summed E-state index contributed by atoms with van der Waals surface area (Å²) in [5, 5.41) is 13.3. The van der Waals surface area contributed by atoms with Gasteiger partial charge in [-0.3, -0.25) is 10.4 Å². The van der Waals surface area contributed by atoms with Gasteiger partial charge in [0.15, 0.2) is 5.82 Å². The molecule has 0 atom stereocenters. The number of aromatic nitrogens is 2. The molecular weight excluding hydrogens is 461 g/mol. The van der Waals surface area contributed by atoms with E-state index in [1.807, 2.05) is 0 Å². The number of carbonyl (C=O) groups is 1. The number of carbonyl (C=O) groups excluding carboxylic acids is 1. The Bertz CT molecular complexity index is 1290. The third kappa shape index (κ3) is 6.07. The van der Waals surface area contributed by atoms with Crippen LogP contribution in [0.25, 0.3) is 10.9 Å². The molecule has 2 amide bonds. The third-order valence-electron chi connectivity index (χ3n) is 4.39. The second-order valence-electron chi connectivity index (χ2n) is 6.85. The second kappa shape index (κ2) is 9.29. The molecule has 0 saturated carbocycles. The number of hydrogen-bond acceptors (Lipinski definition) is 4. The maximum Gasteiger partial charge on any atom is 0.573 e. The van der Waals surface area contributed by atoms with Crippen LogP contribution in [0.1, 0.15) is 5.56 Å². The van der Waals surface area contributed by atoms with E-state index in [0.717, 1.165) is 0 Å². The fourth-order valence-electron chi connectivity index (χ4n) is 3.02. The highest BCUT2D eigenvalue weighted by Crippen LogP contribution is 2.27. The summed E-state index contributed by atoms with van der Waals surface area (Å²) in [7, 11) is 0. The van der Waals surface area contributed by atoms with Gasteiger partial charge >= 0.3 is 12.4 Å². The van der Waals surface area contributed by atoms with Crippen LogP contribution in [0.4, 0.5) is 29.5 Å². The van der Waals surface area contributed by atoms with E-state index in [1.54, 1.807) is 48.5 Å². The van der Waals surface area contributed by atoms with Crippen molar-refractivity contribution < 1.29 is 27.4 Å². The van der Waals surface area contributed by atoms with Crippen molar-refractivity contribution in [2.75, 3.05) is 10.6 Å². The van der Waals surface area contributed by atoms with Crippen molar-refractivity contribution in [3.05, 3.63) is 77.3 Å². The summed E-state index contributed by atoms with van der Waals surface area (Å²) in [4.78, 5) is 12.3. The molecule has 1 heterocycles. The molecule has 11 heteroatoms. The third-order valence-corrected chi connectivity index (χ3v) is 4.62. The molecule has 0 spiro atoms. The van der Waals surface area contributed by atoms with E-state index < -0.39 is 12.4 Å². The molecule has 7 nitrogen and oxygen atoms in total. The van der Waals surface area contributed by atoms with Gasteiger partial charge in [0.1, 0.15) is 18.1 Å². The summed E-state index contributed by atoms with van der Waals surface area (Å²) in [6, 6.07) is 16.8. The highest BCUT2D eigenvalue weighted by Gasteiger charge is 2.31. The molecule has 3 aromatic carbocycles. The topological polar surface area (TPSA) is 88.3 Å². The van der Waals surface area contributed by atoms with Crippen LogP contribution in [0.3, 0.4) is 0 Å². The van der Waals surface area contributed by atoms with Crippen molar-refractivity contribution in [1.82, 2.24) is 10.2 Å². The summed E-state index contributed by atoms with van der Waals surface area (Å²) in [6.07, 6.45) is -4.76. The zero-order valence-corrected chi connectivity index (χ0v) is 17.5. The van der Waals surface area contributed by atoms with E-state index in [2.05, 4.69) is 25.6 Å². The lowest BCUT2D eigenvalue weighted by atomic mass is 10.2. The Morgan fingerprint density at radius 1 is 1.00 bits per heavy atom. The van der Waals surface area contributed by atoms with Crippen LogP contribution >= 0.6 is 11.6 Å². The number of hydrogen-bond donors (Lipinski definition) is 3. The van der Waals surface area contributed by atoms with Gasteiger partial charge in [-0.1, -0.05) is 29.8 Å². The Morgan fingerprint density at radius 3 is 2.61 bits per heavy atom. The molecule has 1 aromatic heterocycles. The Hall–Kier alpha value is -3.92. The van der Waals surface area contributed by atoms with Crippen LogP contribution in [0.5, 0.6) is 11.5 Å². The number of fused-ring (bicyclic) bond motifs is 1. The van der Waals surface area contributed by atoms with Crippen molar-refractivity contribution >= 4 is 40.0 Å². The van der Waals surface area contributed by atoms with Gasteiger partial charge in [-0.2, -0.15) is 5.10 Å². The maximum absolute atomic E-state index is 12.4. The fraction of sp³-hybridized carbons (Fsp3) is 0.0909. The molecule has 0 saturated heterocycles. The highest BCUT2D eigenvalue weighted by atomic mass is 35.5. The Labute approximate surface area is 190 Å². The van der Waals surface area contributed by atoms with Gasteiger partial charge in [0, 0.05) is 22.2 Å². The van der Waals surface area contributed by atoms with Gasteiger partial charge in [-0.15, -0.1) is 13.2 Å². The SMILES string of the molecule is O=C(Nc1cccc(Cl)c1)Nc1n[nH]c2cc(OCc3cccc(OC(F)(F)F)c3)ccc12. The van der Waals surface area contributed by atoms with Crippen molar-refractivity contribution in [3.8, 4) is 11.5 Å². The molecule has 0 aliphatic rings. The van der Waals surface area contributed by atoms with Gasteiger partial charge < -0.3 is 14.8 Å². The average Bonchev–Trinajstić information content (AvgIpc) is 3.13. The number of amides is 2. The smallest absolute Gasteiger partial charge is 0.489 e. The Kier molecular flexibility index (Phi) is 6.27. The van der Waals surface area contributed by atoms with Gasteiger partial charge in [-0.25, -0.2) is 4.79 Å². The highest BCUT2D eigenvalue weighted by molar-refractivity contribution is 6.30. The first kappa shape index (κ1) is 22.3. The lowest BCUT2D eigenvalue weighted by Crippen LogP contribution is -2.19. The van der Waals surface area contributed by atoms with Crippen LogP contribution < -0.4 is 20.1 Å². The second-order valence-corrected chi connectivity index (χ2v) is 7.29. The Morgan fingerprint density at radius 2 is 1.82 bits per heavy atom. The molecule has 0 aliphatic carbocycles. The van der Waals surface area contributed by atoms with Crippen molar-refractivity contribution in [1.29, 1.82) is 0 Å². The van der Waals surface area contributed by atoms with Crippen molar-refractivity contribution in [2.24, 2.45) is 0 Å². The van der Waals surface area contributed by atoms with E-state index in [0.29, 0.717) is 38.7 Å². The number of nitrogens with zero attached hydrogens (tertiary/aromatic N) is 1. The number of H-pyrrole nitrogens is 1. The molecule has 3 N–H and O–H groups in total. The molecular formula is C22H16ClF3N4O3. The van der Waals surface area contributed by atoms with E-state index in [-0.39, 0.29) is 12.4 Å². The lowest BCUT2D eigenvalue weighted by Gasteiger charge is -2.11. The predicted molar refractivity (Wildman–Crippen MR) is 118 cm³/mol. The number of rotatable bonds is 6. The fourth-order valence-corrected chi connectivity index (χ4v) is 3.21. The van der Waals surface area contributed by atoms with E-state index >= 15 is 0 Å². The number of halogens is 4. The summed E-state index contributed by atoms with van der Waals surface area (Å²) in [5.41, 5.74) is 1.63. The number of ether oxygens (including phenoxy) is 2. The monoisotopic (exact) mass is 476 g/mol. The summed E-state index contributed by atoms with van der Waals surface area (Å²) in [5.74, 6) is 0.454. The molecule has 4 rings (SSSR count). The van der Waals surface area contributed by atoms with E-state index in [9.17, 15) is 18.0 Å². The van der Waals surface area contributed by atoms with E-state index in [1.165, 1.54) is 18.2 Å². The molecule has 0 unspecified atom stereocenters. The molecule has 0 aliphatic heterocycles. The number of benzene rings is 3. The number of nitrogens with one attached hydrogen (secondary N) is 3. The minimum atomic E-state index is -4.76. The molecule has 170 valence electrons. The lowest BCUT2D eigenvalue weighted by molar-refractivity contribution is -0.274. The van der Waals surface area contributed by atoms with Crippen molar-refractivity contribution in [2.45, 2.75) is 13.0 Å². The normalized spacial score (nSPS) is 11.3. The van der Waals surface area contributed by atoms with Crippen LogP contribution in [-0.4, -0.2) is 22.6 Å². The zero-order valence-electron chi connectivity index (χ0n) is 16.7. The van der Waals surface area contributed by atoms with Crippen LogP contribution in [0.2, 0.25) is 5.02 Å². The van der Waals surface area contributed by atoms with Crippen LogP contribution in [-0.2, 0) is 6.61 Å². The maximum atomic E-state index is 12.4. The first-order valence-electron chi connectivity index (χ1n) is 9.54. The minimum Gasteiger partial charge on any atom is -0.489 e. The molecule has 4 aromatic rings. The number of urea groups is 1. The largest absolute Gasteiger partial charge is 0.573 e. The zero-order chi connectivity index (χ0) is 23.4. The van der Waals surface area contributed by atoms with Crippen LogP contribution in [0, 0.1) is 0 Å².